The molecule has 1 heterocycles. The monoisotopic (exact) mass is 224 g/mol. The van der Waals surface area contributed by atoms with Gasteiger partial charge in [-0.1, -0.05) is 19.3 Å². The Morgan fingerprint density at radius 1 is 1.40 bits per heavy atom. The van der Waals surface area contributed by atoms with Crippen LogP contribution < -0.4 is 5.73 Å². The standard InChI is InChI=1S/C12H20N2S/c1-9-8-15-12(14-9)7-10-5-3-2-4-6-11(10)13/h8,10-11H,2-7,13H2,1H3. The van der Waals surface area contributed by atoms with E-state index in [9.17, 15) is 0 Å². The van der Waals surface area contributed by atoms with Crippen molar-refractivity contribution in [1.29, 1.82) is 0 Å². The molecule has 2 rings (SSSR count). The van der Waals surface area contributed by atoms with Crippen molar-refractivity contribution < 1.29 is 0 Å². The van der Waals surface area contributed by atoms with Crippen molar-refractivity contribution in [3.63, 3.8) is 0 Å². The van der Waals surface area contributed by atoms with Crippen LogP contribution in [0.15, 0.2) is 5.38 Å². The van der Waals surface area contributed by atoms with Crippen LogP contribution in [0.4, 0.5) is 0 Å². The maximum atomic E-state index is 6.21. The molecule has 3 heteroatoms. The number of rotatable bonds is 2. The highest BCUT2D eigenvalue weighted by Crippen LogP contribution is 2.26. The van der Waals surface area contributed by atoms with Crippen molar-refractivity contribution in [2.75, 3.05) is 0 Å². The third kappa shape index (κ3) is 3.02. The molecule has 0 saturated heterocycles. The topological polar surface area (TPSA) is 38.9 Å². The van der Waals surface area contributed by atoms with Crippen LogP contribution in [0.3, 0.4) is 0 Å². The Hall–Kier alpha value is -0.410. The van der Waals surface area contributed by atoms with Gasteiger partial charge in [-0.25, -0.2) is 4.98 Å². The molecule has 0 aromatic carbocycles. The lowest BCUT2D eigenvalue weighted by Crippen LogP contribution is -2.30. The maximum absolute atomic E-state index is 6.21. The molecule has 1 aliphatic rings. The zero-order valence-electron chi connectivity index (χ0n) is 9.41. The van der Waals surface area contributed by atoms with Crippen LogP contribution in [0, 0.1) is 12.8 Å². The second-order valence-electron chi connectivity index (χ2n) is 4.65. The summed E-state index contributed by atoms with van der Waals surface area (Å²) in [5, 5.41) is 3.41. The summed E-state index contributed by atoms with van der Waals surface area (Å²) in [6.45, 7) is 2.06. The number of aromatic nitrogens is 1. The number of hydrogen-bond donors (Lipinski definition) is 1. The summed E-state index contributed by atoms with van der Waals surface area (Å²) in [5.74, 6) is 0.665. The van der Waals surface area contributed by atoms with E-state index in [4.69, 9.17) is 5.73 Å². The van der Waals surface area contributed by atoms with Crippen molar-refractivity contribution in [2.45, 2.75) is 51.5 Å². The average molecular weight is 224 g/mol. The predicted molar refractivity (Wildman–Crippen MR) is 65.1 cm³/mol. The molecule has 1 aromatic heterocycles. The Morgan fingerprint density at radius 3 is 2.93 bits per heavy atom. The van der Waals surface area contributed by atoms with Crippen molar-refractivity contribution in [1.82, 2.24) is 4.98 Å². The molecule has 0 radical (unpaired) electrons. The van der Waals surface area contributed by atoms with Gasteiger partial charge in [0.2, 0.25) is 0 Å². The van der Waals surface area contributed by atoms with Crippen molar-refractivity contribution in [3.8, 4) is 0 Å². The second-order valence-corrected chi connectivity index (χ2v) is 5.59. The first-order valence-electron chi connectivity index (χ1n) is 5.92. The highest BCUT2D eigenvalue weighted by Gasteiger charge is 2.21. The highest BCUT2D eigenvalue weighted by molar-refractivity contribution is 7.09. The zero-order chi connectivity index (χ0) is 10.7. The summed E-state index contributed by atoms with van der Waals surface area (Å²) in [6.07, 6.45) is 7.62. The number of aryl methyl sites for hydroxylation is 1. The fraction of sp³-hybridized carbons (Fsp3) is 0.750. The smallest absolute Gasteiger partial charge is 0.0931 e. The number of nitrogens with zero attached hydrogens (tertiary/aromatic N) is 1. The summed E-state index contributed by atoms with van der Waals surface area (Å²) < 4.78 is 0. The number of thiazole rings is 1. The summed E-state index contributed by atoms with van der Waals surface area (Å²) in [5.41, 5.74) is 7.36. The number of nitrogens with two attached hydrogens (primary N) is 1. The maximum Gasteiger partial charge on any atom is 0.0931 e. The molecule has 2 atom stereocenters. The lowest BCUT2D eigenvalue weighted by atomic mass is 9.92. The number of hydrogen-bond acceptors (Lipinski definition) is 3. The fourth-order valence-corrected chi connectivity index (χ4v) is 3.25. The molecule has 0 aliphatic heterocycles. The van der Waals surface area contributed by atoms with E-state index in [2.05, 4.69) is 17.3 Å². The Kier molecular flexibility index (Phi) is 3.76. The molecule has 84 valence electrons. The second kappa shape index (κ2) is 5.08. The fourth-order valence-electron chi connectivity index (χ4n) is 2.39. The molecule has 2 N–H and O–H groups in total. The Balaban J connectivity index is 1.97. The lowest BCUT2D eigenvalue weighted by molar-refractivity contribution is 0.395. The molecule has 1 fully saturated rings. The van der Waals surface area contributed by atoms with Gasteiger partial charge in [-0.15, -0.1) is 11.3 Å². The molecular formula is C12H20N2S. The van der Waals surface area contributed by atoms with Gasteiger partial charge in [0.25, 0.3) is 0 Å². The van der Waals surface area contributed by atoms with Crippen LogP contribution in [-0.4, -0.2) is 11.0 Å². The van der Waals surface area contributed by atoms with Gasteiger partial charge in [0, 0.05) is 23.5 Å². The summed E-state index contributed by atoms with van der Waals surface area (Å²) in [7, 11) is 0. The first-order valence-corrected chi connectivity index (χ1v) is 6.80. The third-order valence-electron chi connectivity index (χ3n) is 3.32. The van der Waals surface area contributed by atoms with Gasteiger partial charge in [-0.2, -0.15) is 0 Å². The van der Waals surface area contributed by atoms with Gasteiger partial charge < -0.3 is 5.73 Å². The first-order chi connectivity index (χ1) is 7.25. The Labute approximate surface area is 95.9 Å². The molecule has 0 bridgehead atoms. The van der Waals surface area contributed by atoms with Gasteiger partial charge in [-0.3, -0.25) is 0 Å². The molecule has 0 amide bonds. The van der Waals surface area contributed by atoms with Gasteiger partial charge >= 0.3 is 0 Å². The minimum atomic E-state index is 0.400. The molecule has 1 aromatic rings. The van der Waals surface area contributed by atoms with E-state index >= 15 is 0 Å². The van der Waals surface area contributed by atoms with Gasteiger partial charge in [0.15, 0.2) is 0 Å². The molecule has 2 unspecified atom stereocenters. The summed E-state index contributed by atoms with van der Waals surface area (Å²) in [4.78, 5) is 4.53. The summed E-state index contributed by atoms with van der Waals surface area (Å²) in [6, 6.07) is 0.400. The minimum Gasteiger partial charge on any atom is -0.327 e. The van der Waals surface area contributed by atoms with Crippen LogP contribution >= 0.6 is 11.3 Å². The van der Waals surface area contributed by atoms with Crippen molar-refractivity contribution in [2.24, 2.45) is 11.7 Å². The van der Waals surface area contributed by atoms with E-state index in [-0.39, 0.29) is 0 Å². The van der Waals surface area contributed by atoms with Crippen LogP contribution in [0.25, 0.3) is 0 Å². The molecular weight excluding hydrogens is 204 g/mol. The molecule has 1 saturated carbocycles. The SMILES string of the molecule is Cc1csc(CC2CCCCCC2N)n1. The van der Waals surface area contributed by atoms with Gasteiger partial charge in [-0.05, 0) is 25.7 Å². The predicted octanol–water partition coefficient (Wildman–Crippen LogP) is 2.90. The molecule has 1 aliphatic carbocycles. The molecule has 15 heavy (non-hydrogen) atoms. The van der Waals surface area contributed by atoms with E-state index in [0.29, 0.717) is 12.0 Å². The van der Waals surface area contributed by atoms with Crippen molar-refractivity contribution >= 4 is 11.3 Å². The quantitative estimate of drug-likeness (QED) is 0.785. The van der Waals surface area contributed by atoms with E-state index in [0.717, 1.165) is 12.1 Å². The van der Waals surface area contributed by atoms with Crippen LogP contribution in [0.2, 0.25) is 0 Å². The van der Waals surface area contributed by atoms with Crippen LogP contribution in [0.5, 0.6) is 0 Å². The van der Waals surface area contributed by atoms with E-state index < -0.39 is 0 Å². The zero-order valence-corrected chi connectivity index (χ0v) is 10.2. The molecule has 0 spiro atoms. The third-order valence-corrected chi connectivity index (χ3v) is 4.31. The largest absolute Gasteiger partial charge is 0.327 e. The molecule has 2 nitrogen and oxygen atoms in total. The van der Waals surface area contributed by atoms with Gasteiger partial charge in [0.1, 0.15) is 0 Å². The average Bonchev–Trinajstić information content (AvgIpc) is 2.50. The summed E-state index contributed by atoms with van der Waals surface area (Å²) >= 11 is 1.79. The Morgan fingerprint density at radius 2 is 2.20 bits per heavy atom. The lowest BCUT2D eigenvalue weighted by Gasteiger charge is -2.19. The van der Waals surface area contributed by atoms with E-state index in [1.54, 1.807) is 11.3 Å². The van der Waals surface area contributed by atoms with Crippen LogP contribution in [-0.2, 0) is 6.42 Å². The van der Waals surface area contributed by atoms with Crippen molar-refractivity contribution in [3.05, 3.63) is 16.1 Å². The van der Waals surface area contributed by atoms with Crippen LogP contribution in [0.1, 0.15) is 42.8 Å². The van der Waals surface area contributed by atoms with Gasteiger partial charge in [0.05, 0.1) is 5.01 Å². The minimum absolute atomic E-state index is 0.400. The Bertz CT molecular complexity index is 308. The van der Waals surface area contributed by atoms with E-state index in [1.807, 2.05) is 0 Å². The van der Waals surface area contributed by atoms with E-state index in [1.165, 1.54) is 37.1 Å². The highest BCUT2D eigenvalue weighted by atomic mass is 32.1. The first kappa shape index (κ1) is 11.1. The normalized spacial score (nSPS) is 27.6.